The van der Waals surface area contributed by atoms with Crippen LogP contribution >= 0.6 is 0 Å². The third kappa shape index (κ3) is 6.02. The highest BCUT2D eigenvalue weighted by atomic mass is 16.5. The first-order valence-corrected chi connectivity index (χ1v) is 7.89. The van der Waals surface area contributed by atoms with Crippen LogP contribution in [0.2, 0.25) is 0 Å². The van der Waals surface area contributed by atoms with Crippen LogP contribution in [0.3, 0.4) is 0 Å². The summed E-state index contributed by atoms with van der Waals surface area (Å²) < 4.78 is 7.51. The number of guanidine groups is 1. The Bertz CT molecular complexity index is 594. The molecule has 2 N–H and O–H groups in total. The number of aromatic nitrogens is 2. The van der Waals surface area contributed by atoms with Gasteiger partial charge in [0.15, 0.2) is 5.96 Å². The average Bonchev–Trinajstić information content (AvgIpc) is 2.99. The van der Waals surface area contributed by atoms with Crippen LogP contribution in [0.25, 0.3) is 0 Å². The number of benzene rings is 1. The first-order valence-electron chi connectivity index (χ1n) is 7.89. The molecular weight excluding hydrogens is 290 g/mol. The predicted molar refractivity (Wildman–Crippen MR) is 92.6 cm³/mol. The number of unbranched alkanes of at least 4 members (excludes halogenated alkanes) is 1. The van der Waals surface area contributed by atoms with Gasteiger partial charge >= 0.3 is 0 Å². The molecule has 0 fully saturated rings. The number of hydrogen-bond donors (Lipinski definition) is 2. The van der Waals surface area contributed by atoms with Gasteiger partial charge in [-0.3, -0.25) is 9.67 Å². The monoisotopic (exact) mass is 315 g/mol. The van der Waals surface area contributed by atoms with Crippen molar-refractivity contribution in [1.29, 1.82) is 0 Å². The average molecular weight is 315 g/mol. The van der Waals surface area contributed by atoms with Gasteiger partial charge in [0.2, 0.25) is 0 Å². The van der Waals surface area contributed by atoms with Gasteiger partial charge in [-0.05, 0) is 31.0 Å². The summed E-state index contributed by atoms with van der Waals surface area (Å²) in [7, 11) is 3.71. The topological polar surface area (TPSA) is 63.5 Å². The molecule has 1 aromatic heterocycles. The molecule has 1 heterocycles. The second-order valence-electron chi connectivity index (χ2n) is 5.17. The van der Waals surface area contributed by atoms with E-state index in [4.69, 9.17) is 4.74 Å². The molecule has 0 saturated heterocycles. The Hall–Kier alpha value is -2.50. The molecular formula is C17H25N5O. The molecule has 0 radical (unpaired) electrons. The Balaban J connectivity index is 1.56. The third-order valence-corrected chi connectivity index (χ3v) is 3.46. The number of hydrogen-bond acceptors (Lipinski definition) is 3. The van der Waals surface area contributed by atoms with E-state index in [1.165, 1.54) is 0 Å². The van der Waals surface area contributed by atoms with Gasteiger partial charge in [0.25, 0.3) is 0 Å². The number of aryl methyl sites for hydroxylation is 1. The highest BCUT2D eigenvalue weighted by molar-refractivity contribution is 5.79. The molecule has 0 atom stereocenters. The molecule has 23 heavy (non-hydrogen) atoms. The molecule has 0 aliphatic heterocycles. The van der Waals surface area contributed by atoms with Crippen molar-refractivity contribution in [2.24, 2.45) is 12.0 Å². The first-order chi connectivity index (χ1) is 11.3. The van der Waals surface area contributed by atoms with Gasteiger partial charge in [0.05, 0.1) is 18.8 Å². The van der Waals surface area contributed by atoms with Gasteiger partial charge < -0.3 is 15.4 Å². The zero-order valence-electron chi connectivity index (χ0n) is 13.8. The molecule has 0 aliphatic carbocycles. The second kappa shape index (κ2) is 9.50. The number of ether oxygens (including phenoxy) is 1. The van der Waals surface area contributed by atoms with Crippen LogP contribution in [0.15, 0.2) is 47.6 Å². The van der Waals surface area contributed by atoms with Crippen molar-refractivity contribution >= 4 is 5.96 Å². The molecule has 0 unspecified atom stereocenters. The van der Waals surface area contributed by atoms with Crippen LogP contribution < -0.4 is 15.4 Å². The van der Waals surface area contributed by atoms with E-state index in [0.29, 0.717) is 6.54 Å². The third-order valence-electron chi connectivity index (χ3n) is 3.46. The molecule has 1 aromatic carbocycles. The molecule has 0 amide bonds. The summed E-state index contributed by atoms with van der Waals surface area (Å²) in [6.07, 6.45) is 3.82. The van der Waals surface area contributed by atoms with Crippen LogP contribution in [0.5, 0.6) is 5.75 Å². The molecule has 0 spiro atoms. The van der Waals surface area contributed by atoms with Crippen molar-refractivity contribution in [1.82, 2.24) is 20.4 Å². The fourth-order valence-corrected chi connectivity index (χ4v) is 2.11. The summed E-state index contributed by atoms with van der Waals surface area (Å²) >= 11 is 0. The first kappa shape index (κ1) is 16.9. The molecule has 0 aliphatic rings. The highest BCUT2D eigenvalue weighted by Gasteiger charge is 2.01. The smallest absolute Gasteiger partial charge is 0.191 e. The fraction of sp³-hybridized carbons (Fsp3) is 0.412. The zero-order valence-corrected chi connectivity index (χ0v) is 13.8. The molecule has 2 aromatic rings. The number of nitrogens with zero attached hydrogens (tertiary/aromatic N) is 3. The van der Waals surface area contributed by atoms with Gasteiger partial charge in [-0.1, -0.05) is 18.2 Å². The molecule has 0 bridgehead atoms. The summed E-state index contributed by atoms with van der Waals surface area (Å²) in [5, 5.41) is 10.7. The standard InChI is InChI=1S/C17H25N5O/c1-18-17(20-14-15-10-12-21-22(15)2)19-11-6-7-13-23-16-8-4-3-5-9-16/h3-5,8-10,12H,6-7,11,13-14H2,1-2H3,(H2,18,19,20). The van der Waals surface area contributed by atoms with E-state index in [1.54, 1.807) is 13.2 Å². The van der Waals surface area contributed by atoms with Crippen LogP contribution in [0, 0.1) is 0 Å². The van der Waals surface area contributed by atoms with E-state index in [9.17, 15) is 0 Å². The Morgan fingerprint density at radius 3 is 2.70 bits per heavy atom. The van der Waals surface area contributed by atoms with Crippen molar-refractivity contribution < 1.29 is 4.74 Å². The molecule has 124 valence electrons. The maximum Gasteiger partial charge on any atom is 0.191 e. The number of rotatable bonds is 8. The van der Waals surface area contributed by atoms with E-state index >= 15 is 0 Å². The maximum atomic E-state index is 5.67. The van der Waals surface area contributed by atoms with Crippen LogP contribution in [-0.4, -0.2) is 35.9 Å². The maximum absolute atomic E-state index is 5.67. The van der Waals surface area contributed by atoms with Crippen molar-refractivity contribution in [2.45, 2.75) is 19.4 Å². The minimum atomic E-state index is 0.702. The van der Waals surface area contributed by atoms with E-state index < -0.39 is 0 Å². The summed E-state index contributed by atoms with van der Waals surface area (Å²) in [5.74, 6) is 1.73. The number of nitrogens with one attached hydrogen (secondary N) is 2. The number of aliphatic imine (C=N–C) groups is 1. The van der Waals surface area contributed by atoms with Crippen LogP contribution in [0.4, 0.5) is 0 Å². The summed E-state index contributed by atoms with van der Waals surface area (Å²) in [5.41, 5.74) is 1.12. The normalized spacial score (nSPS) is 11.3. The van der Waals surface area contributed by atoms with E-state index in [1.807, 2.05) is 48.1 Å². The van der Waals surface area contributed by atoms with Crippen molar-refractivity contribution in [3.05, 3.63) is 48.3 Å². The number of para-hydroxylation sites is 1. The van der Waals surface area contributed by atoms with Crippen LogP contribution in [-0.2, 0) is 13.6 Å². The Labute approximate surface area is 137 Å². The molecule has 0 saturated carbocycles. The quantitative estimate of drug-likeness (QED) is 0.444. The SMILES string of the molecule is CN=C(NCCCCOc1ccccc1)NCc1ccnn1C. The minimum absolute atomic E-state index is 0.702. The zero-order chi connectivity index (χ0) is 16.3. The summed E-state index contributed by atoms with van der Waals surface area (Å²) in [4.78, 5) is 4.22. The van der Waals surface area contributed by atoms with E-state index in [0.717, 1.165) is 43.4 Å². The van der Waals surface area contributed by atoms with E-state index in [-0.39, 0.29) is 0 Å². The lowest BCUT2D eigenvalue weighted by Gasteiger charge is -2.12. The van der Waals surface area contributed by atoms with Gasteiger partial charge in [-0.25, -0.2) is 0 Å². The highest BCUT2D eigenvalue weighted by Crippen LogP contribution is 2.08. The summed E-state index contributed by atoms with van der Waals surface area (Å²) in [6, 6.07) is 11.9. The Morgan fingerprint density at radius 1 is 1.17 bits per heavy atom. The molecule has 6 nitrogen and oxygen atoms in total. The Morgan fingerprint density at radius 2 is 2.00 bits per heavy atom. The Kier molecular flexibility index (Phi) is 6.97. The molecule has 2 rings (SSSR count). The lowest BCUT2D eigenvalue weighted by Crippen LogP contribution is -2.37. The van der Waals surface area contributed by atoms with Crippen molar-refractivity contribution in [3.63, 3.8) is 0 Å². The van der Waals surface area contributed by atoms with Gasteiger partial charge in [0.1, 0.15) is 5.75 Å². The van der Waals surface area contributed by atoms with Gasteiger partial charge in [0, 0.05) is 26.8 Å². The predicted octanol–water partition coefficient (Wildman–Crippen LogP) is 1.94. The minimum Gasteiger partial charge on any atom is -0.494 e. The second-order valence-corrected chi connectivity index (χ2v) is 5.17. The fourth-order valence-electron chi connectivity index (χ4n) is 2.11. The lowest BCUT2D eigenvalue weighted by molar-refractivity contribution is 0.307. The van der Waals surface area contributed by atoms with Gasteiger partial charge in [-0.2, -0.15) is 5.10 Å². The van der Waals surface area contributed by atoms with E-state index in [2.05, 4.69) is 20.7 Å². The van der Waals surface area contributed by atoms with Crippen molar-refractivity contribution in [3.8, 4) is 5.75 Å². The van der Waals surface area contributed by atoms with Crippen LogP contribution in [0.1, 0.15) is 18.5 Å². The van der Waals surface area contributed by atoms with Crippen molar-refractivity contribution in [2.75, 3.05) is 20.2 Å². The lowest BCUT2D eigenvalue weighted by atomic mass is 10.3. The largest absolute Gasteiger partial charge is 0.494 e. The van der Waals surface area contributed by atoms with Gasteiger partial charge in [-0.15, -0.1) is 0 Å². The molecule has 6 heteroatoms. The summed E-state index contributed by atoms with van der Waals surface area (Å²) in [6.45, 7) is 2.29.